The van der Waals surface area contributed by atoms with E-state index in [1.807, 2.05) is 0 Å². The van der Waals surface area contributed by atoms with Gasteiger partial charge in [0.1, 0.15) is 0 Å². The molecule has 0 saturated carbocycles. The molecular weight excluding hydrogens is 206 g/mol. The van der Waals surface area contributed by atoms with Crippen molar-refractivity contribution in [1.29, 1.82) is 0 Å². The molecule has 1 nitrogen and oxygen atoms in total. The number of benzene rings is 1. The normalized spacial score (nSPS) is 12.9. The lowest BCUT2D eigenvalue weighted by Gasteiger charge is -2.29. The highest BCUT2D eigenvalue weighted by Crippen LogP contribution is 2.14. The van der Waals surface area contributed by atoms with Crippen molar-refractivity contribution in [3.8, 4) is 0 Å². The summed E-state index contributed by atoms with van der Waals surface area (Å²) in [6.45, 7) is 9.19. The van der Waals surface area contributed by atoms with Crippen LogP contribution in [0.25, 0.3) is 0 Å². The van der Waals surface area contributed by atoms with E-state index in [0.29, 0.717) is 0 Å². The molecule has 0 saturated heterocycles. The van der Waals surface area contributed by atoms with E-state index in [4.69, 9.17) is 0 Å². The Bertz CT molecular complexity index is 277. The van der Waals surface area contributed by atoms with Crippen LogP contribution in [-0.4, -0.2) is 24.0 Å². The molecule has 0 radical (unpaired) electrons. The zero-order valence-corrected chi connectivity index (χ0v) is 11.7. The van der Waals surface area contributed by atoms with Crippen molar-refractivity contribution in [3.05, 3.63) is 35.9 Å². The molecule has 0 aromatic heterocycles. The van der Waals surface area contributed by atoms with Gasteiger partial charge in [-0.1, -0.05) is 57.5 Å². The van der Waals surface area contributed by atoms with Crippen LogP contribution in [0, 0.1) is 0 Å². The molecule has 0 spiro atoms. The number of rotatable bonds is 8. The summed E-state index contributed by atoms with van der Waals surface area (Å²) in [6.07, 6.45) is 5.12. The third-order valence-electron chi connectivity index (χ3n) is 3.56. The van der Waals surface area contributed by atoms with E-state index in [9.17, 15) is 0 Å². The van der Waals surface area contributed by atoms with Gasteiger partial charge in [0, 0.05) is 6.04 Å². The van der Waals surface area contributed by atoms with Crippen LogP contribution in [0.2, 0.25) is 0 Å². The summed E-state index contributed by atoms with van der Waals surface area (Å²) in [5, 5.41) is 0. The molecule has 0 bridgehead atoms. The molecule has 0 fully saturated rings. The predicted molar refractivity (Wildman–Crippen MR) is 76.4 cm³/mol. The Hall–Kier alpha value is -0.820. The van der Waals surface area contributed by atoms with Crippen molar-refractivity contribution in [2.45, 2.75) is 52.5 Å². The Morgan fingerprint density at radius 2 is 1.59 bits per heavy atom. The molecule has 1 aromatic carbocycles. The molecule has 1 unspecified atom stereocenters. The van der Waals surface area contributed by atoms with Gasteiger partial charge in [0.05, 0.1) is 0 Å². The molecule has 0 aliphatic carbocycles. The third kappa shape index (κ3) is 4.91. The highest BCUT2D eigenvalue weighted by Gasteiger charge is 2.14. The fourth-order valence-electron chi connectivity index (χ4n) is 2.56. The van der Waals surface area contributed by atoms with Crippen LogP contribution in [0.3, 0.4) is 0 Å². The van der Waals surface area contributed by atoms with Crippen molar-refractivity contribution in [2.24, 2.45) is 0 Å². The second-order valence-electron chi connectivity index (χ2n) is 4.69. The van der Waals surface area contributed by atoms with E-state index in [-0.39, 0.29) is 0 Å². The van der Waals surface area contributed by atoms with Gasteiger partial charge in [-0.15, -0.1) is 0 Å². The minimum Gasteiger partial charge on any atom is -0.301 e. The van der Waals surface area contributed by atoms with E-state index in [1.165, 1.54) is 44.3 Å². The lowest BCUT2D eigenvalue weighted by Crippen LogP contribution is -2.35. The Morgan fingerprint density at radius 1 is 0.941 bits per heavy atom. The lowest BCUT2D eigenvalue weighted by atomic mass is 10.0. The predicted octanol–water partition coefficient (Wildman–Crippen LogP) is 4.13. The minimum absolute atomic E-state index is 0.759. The van der Waals surface area contributed by atoms with Gasteiger partial charge in [0.15, 0.2) is 0 Å². The average molecular weight is 233 g/mol. The fraction of sp³-hybridized carbons (Fsp3) is 0.625. The summed E-state index contributed by atoms with van der Waals surface area (Å²) in [5.74, 6) is 0. The first-order valence-electron chi connectivity index (χ1n) is 7.09. The van der Waals surface area contributed by atoms with Crippen LogP contribution in [-0.2, 0) is 6.42 Å². The molecule has 0 amide bonds. The van der Waals surface area contributed by atoms with Crippen LogP contribution in [0.15, 0.2) is 30.3 Å². The standard InChI is InChI=1S/C16H27N/c1-4-10-16(17(5-2)6-3)14-13-15-11-8-7-9-12-15/h7-9,11-12,16H,4-6,10,13-14H2,1-3H3. The highest BCUT2D eigenvalue weighted by atomic mass is 15.1. The van der Waals surface area contributed by atoms with Gasteiger partial charge in [-0.05, 0) is 37.9 Å². The van der Waals surface area contributed by atoms with Crippen molar-refractivity contribution < 1.29 is 0 Å². The van der Waals surface area contributed by atoms with E-state index < -0.39 is 0 Å². The first-order valence-corrected chi connectivity index (χ1v) is 7.09. The summed E-state index contributed by atoms with van der Waals surface area (Å²) >= 11 is 0. The molecule has 1 aromatic rings. The van der Waals surface area contributed by atoms with Gasteiger partial charge in [-0.2, -0.15) is 0 Å². The number of nitrogens with zero attached hydrogens (tertiary/aromatic N) is 1. The second-order valence-corrected chi connectivity index (χ2v) is 4.69. The summed E-state index contributed by atoms with van der Waals surface area (Å²) in [5.41, 5.74) is 1.47. The largest absolute Gasteiger partial charge is 0.301 e. The van der Waals surface area contributed by atoms with E-state index in [0.717, 1.165) is 6.04 Å². The Morgan fingerprint density at radius 3 is 2.12 bits per heavy atom. The van der Waals surface area contributed by atoms with Gasteiger partial charge in [-0.25, -0.2) is 0 Å². The third-order valence-corrected chi connectivity index (χ3v) is 3.56. The molecule has 0 aliphatic heterocycles. The molecule has 1 rings (SSSR count). The summed E-state index contributed by atoms with van der Waals surface area (Å²) in [4.78, 5) is 2.60. The van der Waals surface area contributed by atoms with E-state index >= 15 is 0 Å². The van der Waals surface area contributed by atoms with Gasteiger partial charge in [0.25, 0.3) is 0 Å². The average Bonchev–Trinajstić information content (AvgIpc) is 2.38. The number of hydrogen-bond donors (Lipinski definition) is 0. The maximum absolute atomic E-state index is 2.60. The fourth-order valence-corrected chi connectivity index (χ4v) is 2.56. The quantitative estimate of drug-likeness (QED) is 0.652. The molecule has 0 heterocycles. The Labute approximate surface area is 107 Å². The summed E-state index contributed by atoms with van der Waals surface area (Å²) in [6, 6.07) is 11.6. The minimum atomic E-state index is 0.759. The molecular formula is C16H27N. The second kappa shape index (κ2) is 8.30. The van der Waals surface area contributed by atoms with Crippen LogP contribution < -0.4 is 0 Å². The molecule has 1 atom stereocenters. The van der Waals surface area contributed by atoms with Crippen molar-refractivity contribution in [3.63, 3.8) is 0 Å². The zero-order valence-electron chi connectivity index (χ0n) is 11.7. The molecule has 1 heteroatoms. The maximum atomic E-state index is 2.60. The van der Waals surface area contributed by atoms with Crippen molar-refractivity contribution in [1.82, 2.24) is 4.90 Å². The SMILES string of the molecule is CCCC(CCc1ccccc1)N(CC)CC. The van der Waals surface area contributed by atoms with Crippen LogP contribution in [0.4, 0.5) is 0 Å². The molecule has 0 N–H and O–H groups in total. The first kappa shape index (κ1) is 14.2. The molecule has 0 aliphatic rings. The van der Waals surface area contributed by atoms with E-state index in [1.54, 1.807) is 0 Å². The summed E-state index contributed by atoms with van der Waals surface area (Å²) < 4.78 is 0. The Kier molecular flexibility index (Phi) is 6.95. The van der Waals surface area contributed by atoms with Gasteiger partial charge in [0.2, 0.25) is 0 Å². The highest BCUT2D eigenvalue weighted by molar-refractivity contribution is 5.14. The smallest absolute Gasteiger partial charge is 0.00980 e. The van der Waals surface area contributed by atoms with Crippen LogP contribution >= 0.6 is 0 Å². The monoisotopic (exact) mass is 233 g/mol. The number of hydrogen-bond acceptors (Lipinski definition) is 1. The maximum Gasteiger partial charge on any atom is 0.00980 e. The number of aryl methyl sites for hydroxylation is 1. The first-order chi connectivity index (χ1) is 8.31. The molecule has 96 valence electrons. The van der Waals surface area contributed by atoms with E-state index in [2.05, 4.69) is 56.0 Å². The van der Waals surface area contributed by atoms with Gasteiger partial charge >= 0.3 is 0 Å². The topological polar surface area (TPSA) is 3.24 Å². The van der Waals surface area contributed by atoms with Gasteiger partial charge in [-0.3, -0.25) is 0 Å². The Balaban J connectivity index is 2.49. The van der Waals surface area contributed by atoms with Crippen LogP contribution in [0.1, 0.15) is 45.6 Å². The van der Waals surface area contributed by atoms with Crippen LogP contribution in [0.5, 0.6) is 0 Å². The van der Waals surface area contributed by atoms with Crippen molar-refractivity contribution >= 4 is 0 Å². The molecule has 17 heavy (non-hydrogen) atoms. The summed E-state index contributed by atoms with van der Waals surface area (Å²) in [7, 11) is 0. The van der Waals surface area contributed by atoms with Gasteiger partial charge < -0.3 is 4.90 Å². The lowest BCUT2D eigenvalue weighted by molar-refractivity contribution is 0.194. The zero-order chi connectivity index (χ0) is 12.5. The van der Waals surface area contributed by atoms with Crippen molar-refractivity contribution in [2.75, 3.05) is 13.1 Å².